The van der Waals surface area contributed by atoms with Crippen LogP contribution in [0, 0.1) is 5.92 Å². The van der Waals surface area contributed by atoms with E-state index < -0.39 is 0 Å². The van der Waals surface area contributed by atoms with Crippen molar-refractivity contribution >= 4 is 23.2 Å². The Morgan fingerprint density at radius 2 is 2.00 bits per heavy atom. The van der Waals surface area contributed by atoms with Crippen LogP contribution in [0.4, 0.5) is 0 Å². The van der Waals surface area contributed by atoms with E-state index in [4.69, 9.17) is 9.47 Å². The highest BCUT2D eigenvalue weighted by molar-refractivity contribution is 7.07. The van der Waals surface area contributed by atoms with Crippen LogP contribution < -0.4 is 14.8 Å². The van der Waals surface area contributed by atoms with Gasteiger partial charge in [0.15, 0.2) is 0 Å². The quantitative estimate of drug-likeness (QED) is 0.821. The minimum Gasteiger partial charge on any atom is -0.497 e. The monoisotopic (exact) mass is 389 g/mol. The number of ether oxygens (including phenoxy) is 2. The Morgan fingerprint density at radius 1 is 1.26 bits per heavy atom. The fourth-order valence-corrected chi connectivity index (χ4v) is 3.70. The molecule has 1 aliphatic rings. The molecule has 0 radical (unpaired) electrons. The van der Waals surface area contributed by atoms with Gasteiger partial charge in [-0.15, -0.1) is 11.3 Å². The van der Waals surface area contributed by atoms with E-state index in [2.05, 4.69) is 10.3 Å². The van der Waals surface area contributed by atoms with E-state index in [-0.39, 0.29) is 17.7 Å². The van der Waals surface area contributed by atoms with Gasteiger partial charge in [-0.25, -0.2) is 4.98 Å². The van der Waals surface area contributed by atoms with E-state index >= 15 is 0 Å². The van der Waals surface area contributed by atoms with Gasteiger partial charge in [0.25, 0.3) is 11.8 Å². The molecule has 7 nitrogen and oxygen atoms in total. The number of aromatic nitrogens is 1. The van der Waals surface area contributed by atoms with Gasteiger partial charge in [0.05, 0.1) is 19.7 Å². The molecule has 1 aromatic carbocycles. The van der Waals surface area contributed by atoms with Crippen molar-refractivity contribution in [2.24, 2.45) is 5.92 Å². The van der Waals surface area contributed by atoms with E-state index in [1.807, 2.05) is 4.90 Å². The highest BCUT2D eigenvalue weighted by Crippen LogP contribution is 2.23. The highest BCUT2D eigenvalue weighted by atomic mass is 32.1. The standard InChI is InChI=1S/C19H23N3O4S/c1-25-15-6-14(7-16(8-15)26-2)18(23)20-9-13-4-3-5-22(10-13)19(24)17-11-27-12-21-17/h6-8,11-13H,3-5,9-10H2,1-2H3,(H,20,23)/t13-/m1/s1. The summed E-state index contributed by atoms with van der Waals surface area (Å²) in [6.07, 6.45) is 1.89. The maximum absolute atomic E-state index is 12.5. The van der Waals surface area contributed by atoms with E-state index in [1.54, 1.807) is 43.3 Å². The lowest BCUT2D eigenvalue weighted by Crippen LogP contribution is -2.43. The van der Waals surface area contributed by atoms with Gasteiger partial charge in [0.2, 0.25) is 0 Å². The minimum absolute atomic E-state index is 0.0372. The summed E-state index contributed by atoms with van der Waals surface area (Å²) in [5.41, 5.74) is 2.64. The fraction of sp³-hybridized carbons (Fsp3) is 0.421. The number of piperidine rings is 1. The molecule has 144 valence electrons. The van der Waals surface area contributed by atoms with Gasteiger partial charge in [-0.2, -0.15) is 0 Å². The zero-order chi connectivity index (χ0) is 19.2. The average molecular weight is 389 g/mol. The Hall–Kier alpha value is -2.61. The predicted molar refractivity (Wildman–Crippen MR) is 103 cm³/mol. The molecule has 27 heavy (non-hydrogen) atoms. The third kappa shape index (κ3) is 4.77. The molecule has 0 bridgehead atoms. The summed E-state index contributed by atoms with van der Waals surface area (Å²) < 4.78 is 10.4. The van der Waals surface area contributed by atoms with E-state index in [1.165, 1.54) is 11.3 Å². The van der Waals surface area contributed by atoms with Crippen molar-refractivity contribution in [3.8, 4) is 11.5 Å². The Labute approximate surface area is 162 Å². The maximum atomic E-state index is 12.5. The van der Waals surface area contributed by atoms with E-state index in [0.717, 1.165) is 19.4 Å². The van der Waals surface area contributed by atoms with Crippen LogP contribution in [0.1, 0.15) is 33.7 Å². The largest absolute Gasteiger partial charge is 0.497 e. The molecule has 3 rings (SSSR count). The Balaban J connectivity index is 1.58. The Bertz CT molecular complexity index is 772. The molecule has 1 atom stereocenters. The van der Waals surface area contributed by atoms with Crippen LogP contribution in [0.2, 0.25) is 0 Å². The molecule has 2 heterocycles. The summed E-state index contributed by atoms with van der Waals surface area (Å²) in [5, 5.41) is 4.73. The molecule has 0 unspecified atom stereocenters. The molecule has 0 saturated carbocycles. The number of carbonyl (C=O) groups is 2. The molecule has 2 aromatic rings. The lowest BCUT2D eigenvalue weighted by Gasteiger charge is -2.32. The van der Waals surface area contributed by atoms with Crippen LogP contribution in [0.25, 0.3) is 0 Å². The summed E-state index contributed by atoms with van der Waals surface area (Å²) in [4.78, 5) is 30.9. The molecule has 2 amide bonds. The van der Waals surface area contributed by atoms with Crippen molar-refractivity contribution in [3.63, 3.8) is 0 Å². The lowest BCUT2D eigenvalue weighted by atomic mass is 9.97. The van der Waals surface area contributed by atoms with Crippen LogP contribution in [-0.4, -0.2) is 55.6 Å². The van der Waals surface area contributed by atoms with Crippen molar-refractivity contribution in [2.45, 2.75) is 12.8 Å². The van der Waals surface area contributed by atoms with Gasteiger partial charge in [-0.3, -0.25) is 9.59 Å². The second-order valence-electron chi connectivity index (χ2n) is 6.44. The Morgan fingerprint density at radius 3 is 2.63 bits per heavy atom. The topological polar surface area (TPSA) is 80.8 Å². The molecule has 1 aliphatic heterocycles. The maximum Gasteiger partial charge on any atom is 0.273 e. The average Bonchev–Trinajstić information content (AvgIpc) is 3.26. The zero-order valence-corrected chi connectivity index (χ0v) is 16.3. The lowest BCUT2D eigenvalue weighted by molar-refractivity contribution is 0.0666. The SMILES string of the molecule is COc1cc(OC)cc(C(=O)NC[C@H]2CCCN(C(=O)c3cscn3)C2)c1. The van der Waals surface area contributed by atoms with Crippen molar-refractivity contribution in [2.75, 3.05) is 33.9 Å². The van der Waals surface area contributed by atoms with Gasteiger partial charge in [-0.05, 0) is 30.9 Å². The third-order valence-corrected chi connectivity index (χ3v) is 5.21. The highest BCUT2D eigenvalue weighted by Gasteiger charge is 2.25. The first-order valence-corrected chi connectivity index (χ1v) is 9.73. The summed E-state index contributed by atoms with van der Waals surface area (Å²) in [7, 11) is 3.10. The number of nitrogens with one attached hydrogen (secondary N) is 1. The second kappa shape index (κ2) is 8.85. The number of amides is 2. The molecular formula is C19H23N3O4S. The van der Waals surface area contributed by atoms with Crippen LogP contribution in [-0.2, 0) is 0 Å². The van der Waals surface area contributed by atoms with Crippen LogP contribution in [0.15, 0.2) is 29.1 Å². The molecule has 1 saturated heterocycles. The summed E-state index contributed by atoms with van der Waals surface area (Å²) in [6, 6.07) is 5.08. The van der Waals surface area contributed by atoms with Gasteiger partial charge >= 0.3 is 0 Å². The number of thiazole rings is 1. The number of methoxy groups -OCH3 is 2. The summed E-state index contributed by atoms with van der Waals surface area (Å²) in [5.74, 6) is 1.13. The second-order valence-corrected chi connectivity index (χ2v) is 7.16. The summed E-state index contributed by atoms with van der Waals surface area (Å²) in [6.45, 7) is 1.87. The first-order valence-electron chi connectivity index (χ1n) is 8.79. The molecule has 0 aliphatic carbocycles. The fourth-order valence-electron chi connectivity index (χ4n) is 3.17. The van der Waals surface area contributed by atoms with Crippen molar-refractivity contribution in [1.29, 1.82) is 0 Å². The van der Waals surface area contributed by atoms with Crippen molar-refractivity contribution in [1.82, 2.24) is 15.2 Å². The van der Waals surface area contributed by atoms with Crippen LogP contribution in [0.5, 0.6) is 11.5 Å². The normalized spacial score (nSPS) is 16.7. The number of rotatable bonds is 6. The van der Waals surface area contributed by atoms with Crippen molar-refractivity contribution < 1.29 is 19.1 Å². The molecular weight excluding hydrogens is 366 g/mol. The molecule has 1 aromatic heterocycles. The molecule has 8 heteroatoms. The number of carbonyl (C=O) groups excluding carboxylic acids is 2. The van der Waals surface area contributed by atoms with Crippen LogP contribution >= 0.6 is 11.3 Å². The van der Waals surface area contributed by atoms with Gasteiger partial charge < -0.3 is 19.7 Å². The third-order valence-electron chi connectivity index (χ3n) is 4.62. The van der Waals surface area contributed by atoms with E-state index in [0.29, 0.717) is 35.8 Å². The first-order chi connectivity index (χ1) is 13.1. The zero-order valence-electron chi connectivity index (χ0n) is 15.4. The van der Waals surface area contributed by atoms with Gasteiger partial charge in [0, 0.05) is 36.6 Å². The van der Waals surface area contributed by atoms with Gasteiger partial charge in [-0.1, -0.05) is 0 Å². The van der Waals surface area contributed by atoms with Gasteiger partial charge in [0.1, 0.15) is 17.2 Å². The Kier molecular flexibility index (Phi) is 6.28. The molecule has 1 N–H and O–H groups in total. The van der Waals surface area contributed by atoms with Crippen LogP contribution in [0.3, 0.4) is 0 Å². The number of hydrogen-bond donors (Lipinski definition) is 1. The smallest absolute Gasteiger partial charge is 0.273 e. The number of likely N-dealkylation sites (tertiary alicyclic amines) is 1. The number of nitrogens with zero attached hydrogens (tertiary/aromatic N) is 2. The summed E-state index contributed by atoms with van der Waals surface area (Å²) >= 11 is 1.41. The molecule has 0 spiro atoms. The van der Waals surface area contributed by atoms with Crippen molar-refractivity contribution in [3.05, 3.63) is 40.3 Å². The molecule has 1 fully saturated rings. The number of benzene rings is 1. The predicted octanol–water partition coefficient (Wildman–Crippen LogP) is 2.44. The van der Waals surface area contributed by atoms with E-state index in [9.17, 15) is 9.59 Å². The minimum atomic E-state index is -0.185. The number of hydrogen-bond acceptors (Lipinski definition) is 6. The first kappa shape index (κ1) is 19.2.